The molecule has 1 aromatic carbocycles. The zero-order valence-corrected chi connectivity index (χ0v) is 9.80. The lowest BCUT2D eigenvalue weighted by molar-refractivity contribution is 0.288. The standard InChI is InChI=1S/C13H17N3O/c14-13(15-11-5-6-11)16-7-8-17-12-4-2-1-3-10(12)9-16/h1-4,11H,5-9H2,(H2,14,15). The van der Waals surface area contributed by atoms with Crippen LogP contribution in [0.5, 0.6) is 5.75 Å². The third-order valence-electron chi connectivity index (χ3n) is 3.14. The second-order valence-corrected chi connectivity index (χ2v) is 4.60. The Labute approximate surface area is 101 Å². The maximum atomic E-state index is 6.04. The molecule has 1 aliphatic carbocycles. The Kier molecular flexibility index (Phi) is 2.63. The van der Waals surface area contributed by atoms with E-state index in [1.807, 2.05) is 18.2 Å². The number of nitrogens with zero attached hydrogens (tertiary/aromatic N) is 2. The van der Waals surface area contributed by atoms with Gasteiger partial charge in [-0.15, -0.1) is 0 Å². The maximum Gasteiger partial charge on any atom is 0.191 e. The van der Waals surface area contributed by atoms with Gasteiger partial charge in [-0.3, -0.25) is 0 Å². The van der Waals surface area contributed by atoms with Crippen LogP contribution in [0.25, 0.3) is 0 Å². The van der Waals surface area contributed by atoms with Crippen LogP contribution in [-0.4, -0.2) is 30.1 Å². The van der Waals surface area contributed by atoms with Crippen molar-refractivity contribution in [2.24, 2.45) is 10.7 Å². The van der Waals surface area contributed by atoms with Gasteiger partial charge in [-0.25, -0.2) is 4.99 Å². The fourth-order valence-electron chi connectivity index (χ4n) is 1.99. The molecule has 0 amide bonds. The summed E-state index contributed by atoms with van der Waals surface area (Å²) < 4.78 is 5.70. The fourth-order valence-corrected chi connectivity index (χ4v) is 1.99. The van der Waals surface area contributed by atoms with Gasteiger partial charge in [0.1, 0.15) is 12.4 Å². The van der Waals surface area contributed by atoms with Crippen LogP contribution in [-0.2, 0) is 6.54 Å². The van der Waals surface area contributed by atoms with E-state index in [0.29, 0.717) is 18.6 Å². The van der Waals surface area contributed by atoms with Gasteiger partial charge in [0.05, 0.1) is 12.6 Å². The fraction of sp³-hybridized carbons (Fsp3) is 0.462. The quantitative estimate of drug-likeness (QED) is 0.586. The molecule has 0 unspecified atom stereocenters. The van der Waals surface area contributed by atoms with Gasteiger partial charge in [0, 0.05) is 12.1 Å². The summed E-state index contributed by atoms with van der Waals surface area (Å²) in [5.41, 5.74) is 7.22. The van der Waals surface area contributed by atoms with Crippen molar-refractivity contribution in [2.45, 2.75) is 25.4 Å². The SMILES string of the molecule is NC(=NC1CC1)N1CCOc2ccccc2C1. The first-order valence-electron chi connectivity index (χ1n) is 6.12. The highest BCUT2D eigenvalue weighted by Crippen LogP contribution is 2.25. The van der Waals surface area contributed by atoms with Gasteiger partial charge in [0.25, 0.3) is 0 Å². The molecule has 2 aliphatic rings. The Balaban J connectivity index is 1.79. The van der Waals surface area contributed by atoms with Crippen LogP contribution in [0.3, 0.4) is 0 Å². The van der Waals surface area contributed by atoms with Crippen molar-refractivity contribution in [3.8, 4) is 5.75 Å². The lowest BCUT2D eigenvalue weighted by Gasteiger charge is -2.20. The van der Waals surface area contributed by atoms with Crippen LogP contribution in [0.15, 0.2) is 29.3 Å². The van der Waals surface area contributed by atoms with Crippen molar-refractivity contribution in [1.82, 2.24) is 4.90 Å². The third kappa shape index (κ3) is 2.35. The van der Waals surface area contributed by atoms with E-state index in [4.69, 9.17) is 10.5 Å². The van der Waals surface area contributed by atoms with E-state index in [1.54, 1.807) is 0 Å². The van der Waals surface area contributed by atoms with Crippen LogP contribution in [0.2, 0.25) is 0 Å². The number of guanidine groups is 1. The molecule has 1 aromatic rings. The van der Waals surface area contributed by atoms with Crippen LogP contribution in [0, 0.1) is 0 Å². The number of benzene rings is 1. The van der Waals surface area contributed by atoms with Gasteiger partial charge >= 0.3 is 0 Å². The number of ether oxygens (including phenoxy) is 1. The molecular formula is C13H17N3O. The smallest absolute Gasteiger partial charge is 0.191 e. The molecular weight excluding hydrogens is 214 g/mol. The van der Waals surface area contributed by atoms with Crippen LogP contribution in [0.4, 0.5) is 0 Å². The summed E-state index contributed by atoms with van der Waals surface area (Å²) in [6, 6.07) is 8.58. The van der Waals surface area contributed by atoms with E-state index in [0.717, 1.165) is 18.8 Å². The van der Waals surface area contributed by atoms with Crippen molar-refractivity contribution in [3.63, 3.8) is 0 Å². The number of nitrogens with two attached hydrogens (primary N) is 1. The molecule has 1 heterocycles. The minimum atomic E-state index is 0.467. The van der Waals surface area contributed by atoms with E-state index in [1.165, 1.54) is 18.4 Å². The molecule has 0 aromatic heterocycles. The third-order valence-corrected chi connectivity index (χ3v) is 3.14. The second kappa shape index (κ2) is 4.28. The average molecular weight is 231 g/mol. The molecule has 0 atom stereocenters. The minimum Gasteiger partial charge on any atom is -0.491 e. The second-order valence-electron chi connectivity index (χ2n) is 4.60. The molecule has 2 N–H and O–H groups in total. The minimum absolute atomic E-state index is 0.467. The molecule has 1 fully saturated rings. The monoisotopic (exact) mass is 231 g/mol. The maximum absolute atomic E-state index is 6.04. The van der Waals surface area contributed by atoms with Gasteiger partial charge in [-0.05, 0) is 18.9 Å². The summed E-state index contributed by atoms with van der Waals surface area (Å²) in [7, 11) is 0. The highest BCUT2D eigenvalue weighted by molar-refractivity contribution is 5.78. The van der Waals surface area contributed by atoms with E-state index >= 15 is 0 Å². The lowest BCUT2D eigenvalue weighted by Crippen LogP contribution is -2.38. The molecule has 0 radical (unpaired) electrons. The molecule has 0 bridgehead atoms. The van der Waals surface area contributed by atoms with E-state index in [9.17, 15) is 0 Å². The van der Waals surface area contributed by atoms with Crippen molar-refractivity contribution in [1.29, 1.82) is 0 Å². The van der Waals surface area contributed by atoms with E-state index in [2.05, 4.69) is 16.0 Å². The van der Waals surface area contributed by atoms with Gasteiger partial charge < -0.3 is 15.4 Å². The summed E-state index contributed by atoms with van der Waals surface area (Å²) in [5, 5.41) is 0. The molecule has 3 rings (SSSR count). The largest absolute Gasteiger partial charge is 0.491 e. The van der Waals surface area contributed by atoms with E-state index in [-0.39, 0.29) is 0 Å². The zero-order chi connectivity index (χ0) is 11.7. The number of aliphatic imine (C=N–C) groups is 1. The number of rotatable bonds is 1. The average Bonchev–Trinajstić information content (AvgIpc) is 3.13. The Morgan fingerprint density at radius 2 is 2.18 bits per heavy atom. The zero-order valence-electron chi connectivity index (χ0n) is 9.80. The Bertz CT molecular complexity index is 440. The van der Waals surface area contributed by atoms with Crippen LogP contribution >= 0.6 is 0 Å². The van der Waals surface area contributed by atoms with Gasteiger partial charge in [-0.1, -0.05) is 18.2 Å². The van der Waals surface area contributed by atoms with Gasteiger partial charge in [0.2, 0.25) is 0 Å². The van der Waals surface area contributed by atoms with Gasteiger partial charge in [0.15, 0.2) is 5.96 Å². The van der Waals surface area contributed by atoms with Crippen molar-refractivity contribution in [2.75, 3.05) is 13.2 Å². The number of para-hydroxylation sites is 1. The summed E-state index contributed by atoms with van der Waals surface area (Å²) in [5.74, 6) is 1.63. The summed E-state index contributed by atoms with van der Waals surface area (Å²) in [6.07, 6.45) is 2.36. The molecule has 4 nitrogen and oxygen atoms in total. The highest BCUT2D eigenvalue weighted by Gasteiger charge is 2.23. The van der Waals surface area contributed by atoms with Crippen molar-refractivity contribution in [3.05, 3.63) is 29.8 Å². The first-order chi connectivity index (χ1) is 8.33. The Morgan fingerprint density at radius 1 is 1.35 bits per heavy atom. The molecule has 0 spiro atoms. The van der Waals surface area contributed by atoms with Gasteiger partial charge in [-0.2, -0.15) is 0 Å². The first kappa shape index (κ1) is 10.4. The molecule has 1 saturated carbocycles. The normalized spacial score (nSPS) is 20.5. The van der Waals surface area contributed by atoms with Crippen molar-refractivity contribution >= 4 is 5.96 Å². The lowest BCUT2D eigenvalue weighted by atomic mass is 10.2. The predicted octanol–water partition coefficient (Wildman–Crippen LogP) is 1.36. The molecule has 90 valence electrons. The predicted molar refractivity (Wildman–Crippen MR) is 67.0 cm³/mol. The Morgan fingerprint density at radius 3 is 3.00 bits per heavy atom. The molecule has 4 heteroatoms. The first-order valence-corrected chi connectivity index (χ1v) is 6.12. The molecule has 17 heavy (non-hydrogen) atoms. The summed E-state index contributed by atoms with van der Waals surface area (Å²) >= 11 is 0. The summed E-state index contributed by atoms with van der Waals surface area (Å²) in [6.45, 7) is 2.26. The van der Waals surface area contributed by atoms with E-state index < -0.39 is 0 Å². The molecule has 0 saturated heterocycles. The number of hydrogen-bond acceptors (Lipinski definition) is 2. The Hall–Kier alpha value is -1.71. The van der Waals surface area contributed by atoms with Crippen molar-refractivity contribution < 1.29 is 4.74 Å². The number of hydrogen-bond donors (Lipinski definition) is 1. The van der Waals surface area contributed by atoms with Crippen LogP contribution in [0.1, 0.15) is 18.4 Å². The van der Waals surface area contributed by atoms with Crippen LogP contribution < -0.4 is 10.5 Å². The summed E-state index contributed by atoms with van der Waals surface area (Å²) in [4.78, 5) is 6.59. The molecule has 1 aliphatic heterocycles. The topological polar surface area (TPSA) is 50.8 Å². The highest BCUT2D eigenvalue weighted by atomic mass is 16.5. The number of fused-ring (bicyclic) bond motifs is 1.